The number of aromatic hydroxyl groups is 1. The molecular weight excluding hydrogens is 611 g/mol. The summed E-state index contributed by atoms with van der Waals surface area (Å²) in [5.74, 6) is -0.769. The minimum absolute atomic E-state index is 0.00139. The lowest BCUT2D eigenvalue weighted by Crippen LogP contribution is -2.30. The number of benzene rings is 5. The lowest BCUT2D eigenvalue weighted by atomic mass is 10.1. The molecule has 0 radical (unpaired) electrons. The first-order valence-corrected chi connectivity index (χ1v) is 15.8. The smallest absolute Gasteiger partial charge is 0.272 e. The average Bonchev–Trinajstić information content (AvgIpc) is 3.43. The molecule has 5 aromatic carbocycles. The van der Waals surface area contributed by atoms with Crippen molar-refractivity contribution < 1.29 is 24.2 Å². The molecule has 3 N–H and O–H groups in total. The van der Waals surface area contributed by atoms with Crippen molar-refractivity contribution in [1.29, 1.82) is 0 Å². The minimum atomic E-state index is -0.569. The van der Waals surface area contributed by atoms with Crippen LogP contribution in [0.1, 0.15) is 27.6 Å². The molecule has 0 spiro atoms. The van der Waals surface area contributed by atoms with Crippen LogP contribution in [-0.2, 0) is 4.79 Å². The number of para-hydroxylation sites is 2. The summed E-state index contributed by atoms with van der Waals surface area (Å²) in [6, 6.07) is 36.0. The van der Waals surface area contributed by atoms with E-state index >= 15 is 0 Å². The van der Waals surface area contributed by atoms with Crippen molar-refractivity contribution >= 4 is 63.1 Å². The molecule has 1 atom stereocenters. The molecule has 0 saturated carbocycles. The Balaban J connectivity index is 1.24. The van der Waals surface area contributed by atoms with E-state index in [2.05, 4.69) is 10.6 Å². The Bertz CT molecular complexity index is 2100. The molecule has 6 aromatic rings. The van der Waals surface area contributed by atoms with Gasteiger partial charge in [0, 0.05) is 38.5 Å². The maximum absolute atomic E-state index is 13.9. The topological polar surface area (TPSA) is 110 Å². The van der Waals surface area contributed by atoms with Crippen molar-refractivity contribution in [1.82, 2.24) is 9.88 Å². The number of carbonyl (C=O) groups excluding carboxylic acids is 3. The highest BCUT2D eigenvalue weighted by molar-refractivity contribution is 8.00. The second kappa shape index (κ2) is 13.7. The van der Waals surface area contributed by atoms with Gasteiger partial charge in [0.25, 0.3) is 11.8 Å². The number of aromatic nitrogens is 1. The van der Waals surface area contributed by atoms with E-state index < -0.39 is 17.1 Å². The van der Waals surface area contributed by atoms with Crippen LogP contribution in [0.3, 0.4) is 0 Å². The fourth-order valence-electron chi connectivity index (χ4n) is 5.36. The average molecular weight is 642 g/mol. The molecule has 234 valence electrons. The molecule has 0 fully saturated rings. The Labute approximate surface area is 275 Å². The Kier molecular flexibility index (Phi) is 9.08. The standard InChI is InChI=1S/C38H31N3O5S/c1-24(38(45)41-33-17-8-6-15-30(33)31-16-7-9-18-34(31)41)47-29-14-10-13-27(22-29)39-37(44)32(40-36(43)25-11-4-3-5-12-25)21-26-19-20-28(42)23-35(26)46-2/h3-24,42H,1-2H3,(H,39,44)(H,40,43)/b32-21-. The number of amides is 2. The zero-order chi connectivity index (χ0) is 32.9. The van der Waals surface area contributed by atoms with Crippen LogP contribution in [-0.4, -0.2) is 39.8 Å². The second-order valence-electron chi connectivity index (χ2n) is 10.8. The number of methoxy groups -OCH3 is 1. The molecule has 1 unspecified atom stereocenters. The van der Waals surface area contributed by atoms with Gasteiger partial charge < -0.3 is 20.5 Å². The molecule has 9 heteroatoms. The molecule has 2 amide bonds. The summed E-state index contributed by atoms with van der Waals surface area (Å²) in [7, 11) is 1.45. The van der Waals surface area contributed by atoms with Gasteiger partial charge in [-0.1, -0.05) is 60.7 Å². The number of carbonyl (C=O) groups is 3. The number of anilines is 1. The molecular formula is C38H31N3O5S. The fourth-order valence-corrected chi connectivity index (χ4v) is 6.33. The SMILES string of the molecule is COc1cc(O)ccc1/C=C(\NC(=O)c1ccccc1)C(=O)Nc1cccc(SC(C)C(=O)n2c3ccccc3c3ccccc32)c1. The highest BCUT2D eigenvalue weighted by atomic mass is 32.2. The number of hydrogen-bond donors (Lipinski definition) is 3. The highest BCUT2D eigenvalue weighted by Crippen LogP contribution is 2.33. The molecule has 1 aromatic heterocycles. The third-order valence-electron chi connectivity index (χ3n) is 7.60. The van der Waals surface area contributed by atoms with Gasteiger partial charge >= 0.3 is 0 Å². The summed E-state index contributed by atoms with van der Waals surface area (Å²) < 4.78 is 7.16. The summed E-state index contributed by atoms with van der Waals surface area (Å²) in [4.78, 5) is 41.4. The van der Waals surface area contributed by atoms with E-state index in [1.807, 2.05) is 61.5 Å². The van der Waals surface area contributed by atoms with Gasteiger partial charge in [-0.25, -0.2) is 0 Å². The Morgan fingerprint density at radius 3 is 2.15 bits per heavy atom. The summed E-state index contributed by atoms with van der Waals surface area (Å²) in [5, 5.41) is 17.1. The van der Waals surface area contributed by atoms with Crippen molar-refractivity contribution in [3.05, 3.63) is 138 Å². The van der Waals surface area contributed by atoms with E-state index in [0.717, 1.165) is 26.7 Å². The molecule has 0 bridgehead atoms. The van der Waals surface area contributed by atoms with E-state index in [4.69, 9.17) is 4.74 Å². The fraction of sp³-hybridized carbons (Fsp3) is 0.0789. The van der Waals surface area contributed by atoms with Crippen molar-refractivity contribution in [2.45, 2.75) is 17.1 Å². The Morgan fingerprint density at radius 1 is 0.809 bits per heavy atom. The Morgan fingerprint density at radius 2 is 1.47 bits per heavy atom. The maximum Gasteiger partial charge on any atom is 0.272 e. The summed E-state index contributed by atoms with van der Waals surface area (Å²) in [6.07, 6.45) is 1.49. The van der Waals surface area contributed by atoms with Gasteiger partial charge in [-0.2, -0.15) is 0 Å². The molecule has 0 aliphatic heterocycles. The summed E-state index contributed by atoms with van der Waals surface area (Å²) >= 11 is 1.39. The van der Waals surface area contributed by atoms with Gasteiger partial charge in [-0.15, -0.1) is 11.8 Å². The molecule has 8 nitrogen and oxygen atoms in total. The molecule has 0 saturated heterocycles. The number of fused-ring (bicyclic) bond motifs is 3. The van der Waals surface area contributed by atoms with E-state index in [1.165, 1.54) is 37.1 Å². The van der Waals surface area contributed by atoms with Gasteiger partial charge in [0.15, 0.2) is 0 Å². The summed E-state index contributed by atoms with van der Waals surface area (Å²) in [6.45, 7) is 1.87. The number of thioether (sulfide) groups is 1. The number of hydrogen-bond acceptors (Lipinski definition) is 6. The van der Waals surface area contributed by atoms with Crippen LogP contribution in [0, 0.1) is 0 Å². The van der Waals surface area contributed by atoms with Gasteiger partial charge in [0.1, 0.15) is 17.2 Å². The number of phenols is 1. The maximum atomic E-state index is 13.9. The molecule has 1 heterocycles. The molecule has 47 heavy (non-hydrogen) atoms. The predicted octanol–water partition coefficient (Wildman–Crippen LogP) is 7.74. The Hall–Kier alpha value is -5.80. The molecule has 6 rings (SSSR count). The van der Waals surface area contributed by atoms with Crippen LogP contribution in [0.2, 0.25) is 0 Å². The van der Waals surface area contributed by atoms with Crippen molar-refractivity contribution in [2.24, 2.45) is 0 Å². The second-order valence-corrected chi connectivity index (χ2v) is 12.2. The predicted molar refractivity (Wildman–Crippen MR) is 187 cm³/mol. The highest BCUT2D eigenvalue weighted by Gasteiger charge is 2.22. The number of rotatable bonds is 9. The monoisotopic (exact) mass is 641 g/mol. The zero-order valence-electron chi connectivity index (χ0n) is 25.6. The third kappa shape index (κ3) is 6.75. The number of phenolic OH excluding ortho intramolecular Hbond substituents is 1. The first-order chi connectivity index (χ1) is 22.8. The van der Waals surface area contributed by atoms with Crippen LogP contribution < -0.4 is 15.4 Å². The third-order valence-corrected chi connectivity index (χ3v) is 8.68. The van der Waals surface area contributed by atoms with E-state index in [0.29, 0.717) is 22.6 Å². The van der Waals surface area contributed by atoms with Crippen LogP contribution in [0.5, 0.6) is 11.5 Å². The van der Waals surface area contributed by atoms with Crippen molar-refractivity contribution in [3.8, 4) is 11.5 Å². The van der Waals surface area contributed by atoms with Crippen molar-refractivity contribution in [2.75, 3.05) is 12.4 Å². The number of nitrogens with one attached hydrogen (secondary N) is 2. The van der Waals surface area contributed by atoms with Gasteiger partial charge in [0.2, 0.25) is 5.91 Å². The normalized spacial score (nSPS) is 12.1. The molecule has 0 aliphatic rings. The van der Waals surface area contributed by atoms with Crippen LogP contribution >= 0.6 is 11.8 Å². The van der Waals surface area contributed by atoms with Gasteiger partial charge in [-0.3, -0.25) is 19.0 Å². The quantitative estimate of drug-likeness (QED) is 0.110. The zero-order valence-corrected chi connectivity index (χ0v) is 26.5. The van der Waals surface area contributed by atoms with E-state index in [9.17, 15) is 19.5 Å². The first kappa shape index (κ1) is 31.2. The van der Waals surface area contributed by atoms with Gasteiger partial charge in [0.05, 0.1) is 23.4 Å². The summed E-state index contributed by atoms with van der Waals surface area (Å²) in [5.41, 5.74) is 3.02. The van der Waals surface area contributed by atoms with Crippen LogP contribution in [0.25, 0.3) is 27.9 Å². The van der Waals surface area contributed by atoms with Crippen molar-refractivity contribution in [3.63, 3.8) is 0 Å². The number of nitrogens with zero attached hydrogens (tertiary/aromatic N) is 1. The number of ether oxygens (including phenoxy) is 1. The van der Waals surface area contributed by atoms with Crippen LogP contribution in [0.4, 0.5) is 5.69 Å². The van der Waals surface area contributed by atoms with E-state index in [1.54, 1.807) is 59.2 Å². The lowest BCUT2D eigenvalue weighted by Gasteiger charge is -2.15. The van der Waals surface area contributed by atoms with Crippen LogP contribution in [0.15, 0.2) is 132 Å². The first-order valence-electron chi connectivity index (χ1n) is 14.9. The lowest BCUT2D eigenvalue weighted by molar-refractivity contribution is -0.113. The van der Waals surface area contributed by atoms with E-state index in [-0.39, 0.29) is 17.4 Å². The van der Waals surface area contributed by atoms with Gasteiger partial charge in [-0.05, 0) is 67.6 Å². The molecule has 0 aliphatic carbocycles. The largest absolute Gasteiger partial charge is 0.508 e. The minimum Gasteiger partial charge on any atom is -0.508 e.